The summed E-state index contributed by atoms with van der Waals surface area (Å²) in [4.78, 5) is 26.7. The average Bonchev–Trinajstić information content (AvgIpc) is 3.16. The summed E-state index contributed by atoms with van der Waals surface area (Å²) in [6.45, 7) is 0.419. The van der Waals surface area contributed by atoms with E-state index in [1.165, 1.54) is 0 Å². The van der Waals surface area contributed by atoms with Crippen molar-refractivity contribution in [2.45, 2.75) is 6.54 Å². The Hall–Kier alpha value is -3.51. The molecule has 4 rings (SSSR count). The Morgan fingerprint density at radius 1 is 1.14 bits per heavy atom. The van der Waals surface area contributed by atoms with Crippen molar-refractivity contribution in [2.75, 3.05) is 19.0 Å². The molecule has 6 heteroatoms. The van der Waals surface area contributed by atoms with Crippen molar-refractivity contribution in [3.05, 3.63) is 77.9 Å². The van der Waals surface area contributed by atoms with Gasteiger partial charge in [0.2, 0.25) is 5.78 Å². The summed E-state index contributed by atoms with van der Waals surface area (Å²) in [6.07, 6.45) is 5.11. The molecule has 0 spiro atoms. The van der Waals surface area contributed by atoms with Gasteiger partial charge >= 0.3 is 0 Å². The summed E-state index contributed by atoms with van der Waals surface area (Å²) in [6, 6.07) is 13.5. The number of hydrogen-bond acceptors (Lipinski definition) is 5. The lowest BCUT2D eigenvalue weighted by Gasteiger charge is -2.16. The molecule has 1 aromatic carbocycles. The van der Waals surface area contributed by atoms with Gasteiger partial charge < -0.3 is 15.6 Å². The van der Waals surface area contributed by atoms with Crippen LogP contribution in [-0.2, 0) is 6.54 Å². The second-order valence-corrected chi connectivity index (χ2v) is 6.81. The van der Waals surface area contributed by atoms with E-state index in [2.05, 4.69) is 27.1 Å². The number of carbonyl (C=O) groups is 1. The maximum Gasteiger partial charge on any atom is 0.213 e. The summed E-state index contributed by atoms with van der Waals surface area (Å²) >= 11 is 0. The van der Waals surface area contributed by atoms with Crippen LogP contribution in [-0.4, -0.2) is 34.8 Å². The fraction of sp³-hybridized carbons (Fsp3) is 0.136. The highest BCUT2D eigenvalue weighted by molar-refractivity contribution is 6.15. The van der Waals surface area contributed by atoms with E-state index >= 15 is 0 Å². The summed E-state index contributed by atoms with van der Waals surface area (Å²) < 4.78 is 0. The van der Waals surface area contributed by atoms with Crippen LogP contribution in [0.5, 0.6) is 0 Å². The van der Waals surface area contributed by atoms with Crippen LogP contribution >= 0.6 is 0 Å². The first kappa shape index (κ1) is 17.9. The van der Waals surface area contributed by atoms with Crippen molar-refractivity contribution in [3.8, 4) is 11.1 Å². The topological polar surface area (TPSA) is 87.9 Å². The molecule has 3 N–H and O–H groups in total. The van der Waals surface area contributed by atoms with Crippen LogP contribution in [0.3, 0.4) is 0 Å². The molecule has 28 heavy (non-hydrogen) atoms. The van der Waals surface area contributed by atoms with Gasteiger partial charge in [-0.3, -0.25) is 9.78 Å². The first-order valence-electron chi connectivity index (χ1n) is 9.02. The van der Waals surface area contributed by atoms with Crippen molar-refractivity contribution in [3.63, 3.8) is 0 Å². The van der Waals surface area contributed by atoms with Gasteiger partial charge in [-0.05, 0) is 41.5 Å². The zero-order valence-corrected chi connectivity index (χ0v) is 15.8. The molecule has 0 amide bonds. The third-order valence-corrected chi connectivity index (χ3v) is 4.81. The number of nitrogens with two attached hydrogens (primary N) is 1. The highest BCUT2D eigenvalue weighted by Gasteiger charge is 2.17. The Kier molecular flexibility index (Phi) is 4.63. The molecule has 4 aromatic rings. The number of pyridine rings is 2. The Balaban J connectivity index is 1.81. The fourth-order valence-corrected chi connectivity index (χ4v) is 3.28. The Labute approximate surface area is 163 Å². The van der Waals surface area contributed by atoms with Gasteiger partial charge in [-0.2, -0.15) is 0 Å². The van der Waals surface area contributed by atoms with Gasteiger partial charge in [0.05, 0.1) is 5.56 Å². The highest BCUT2D eigenvalue weighted by Crippen LogP contribution is 2.30. The van der Waals surface area contributed by atoms with Crippen molar-refractivity contribution in [1.82, 2.24) is 15.0 Å². The normalized spacial score (nSPS) is 11.0. The van der Waals surface area contributed by atoms with Gasteiger partial charge in [0, 0.05) is 55.9 Å². The molecule has 0 unspecified atom stereocenters. The van der Waals surface area contributed by atoms with Gasteiger partial charge in [-0.1, -0.05) is 12.1 Å². The molecule has 0 aliphatic rings. The van der Waals surface area contributed by atoms with E-state index in [4.69, 9.17) is 5.73 Å². The lowest BCUT2D eigenvalue weighted by Crippen LogP contribution is -2.10. The fourth-order valence-electron chi connectivity index (χ4n) is 3.28. The van der Waals surface area contributed by atoms with E-state index in [0.717, 1.165) is 27.8 Å². The van der Waals surface area contributed by atoms with Crippen LogP contribution in [0.2, 0.25) is 0 Å². The monoisotopic (exact) mass is 371 g/mol. The van der Waals surface area contributed by atoms with Gasteiger partial charge in [0.25, 0.3) is 0 Å². The Morgan fingerprint density at radius 3 is 2.71 bits per heavy atom. The molecular formula is C22H21N5O. The Bertz CT molecular complexity index is 1150. The van der Waals surface area contributed by atoms with Gasteiger partial charge in [-0.15, -0.1) is 0 Å². The number of benzene rings is 1. The van der Waals surface area contributed by atoms with Crippen LogP contribution in [0.25, 0.3) is 22.2 Å². The smallest absolute Gasteiger partial charge is 0.213 e. The second kappa shape index (κ2) is 7.25. The number of aromatic amines is 1. The minimum Gasteiger partial charge on any atom is -0.378 e. The molecule has 140 valence electrons. The van der Waals surface area contributed by atoms with E-state index in [9.17, 15) is 4.79 Å². The number of H-pyrrole nitrogens is 1. The number of carbonyl (C=O) groups excluding carboxylic acids is 1. The molecule has 3 heterocycles. The van der Waals surface area contributed by atoms with Crippen molar-refractivity contribution >= 4 is 22.5 Å². The number of rotatable bonds is 5. The number of fused-ring (bicyclic) bond motifs is 1. The summed E-state index contributed by atoms with van der Waals surface area (Å²) in [7, 11) is 4.00. The number of aromatic nitrogens is 3. The number of hydrogen-bond donors (Lipinski definition) is 2. The SMILES string of the molecule is CN(C)c1ccc(-c2cnc3[nH]cc(C(=O)c4ccccn4)c3c2)c(CN)c1. The van der Waals surface area contributed by atoms with E-state index < -0.39 is 0 Å². The zero-order valence-electron chi connectivity index (χ0n) is 15.8. The molecule has 0 atom stereocenters. The van der Waals surface area contributed by atoms with Crippen LogP contribution in [0.15, 0.2) is 61.1 Å². The predicted molar refractivity (Wildman–Crippen MR) is 111 cm³/mol. The van der Waals surface area contributed by atoms with E-state index in [-0.39, 0.29) is 5.78 Å². The highest BCUT2D eigenvalue weighted by atomic mass is 16.1. The molecular weight excluding hydrogens is 350 g/mol. The molecule has 0 saturated heterocycles. The van der Waals surface area contributed by atoms with Crippen LogP contribution in [0, 0.1) is 0 Å². The second-order valence-electron chi connectivity index (χ2n) is 6.81. The predicted octanol–water partition coefficient (Wildman–Crippen LogP) is 3.38. The zero-order chi connectivity index (χ0) is 19.7. The minimum absolute atomic E-state index is 0.132. The molecule has 0 aliphatic carbocycles. The van der Waals surface area contributed by atoms with Crippen LogP contribution in [0.1, 0.15) is 21.6 Å². The van der Waals surface area contributed by atoms with E-state index in [1.54, 1.807) is 36.8 Å². The van der Waals surface area contributed by atoms with Gasteiger partial charge in [0.1, 0.15) is 11.3 Å². The lowest BCUT2D eigenvalue weighted by molar-refractivity contribution is 0.103. The quantitative estimate of drug-likeness (QED) is 0.525. The van der Waals surface area contributed by atoms with Gasteiger partial charge in [0.15, 0.2) is 0 Å². The first-order valence-corrected chi connectivity index (χ1v) is 9.02. The Morgan fingerprint density at radius 2 is 2.00 bits per heavy atom. The molecule has 6 nitrogen and oxygen atoms in total. The molecule has 0 radical (unpaired) electrons. The maximum atomic E-state index is 12.9. The molecule has 3 aromatic heterocycles. The number of nitrogens with one attached hydrogen (secondary N) is 1. The first-order chi connectivity index (χ1) is 13.6. The summed E-state index contributed by atoms with van der Waals surface area (Å²) in [5, 5.41) is 0.771. The third-order valence-electron chi connectivity index (χ3n) is 4.81. The van der Waals surface area contributed by atoms with Gasteiger partial charge in [-0.25, -0.2) is 4.98 Å². The number of anilines is 1. The van der Waals surface area contributed by atoms with Crippen molar-refractivity contribution in [1.29, 1.82) is 0 Å². The molecule has 0 aliphatic heterocycles. The standard InChI is InChI=1S/C22H21N5O/c1-27(2)16-6-7-17(14(9-16)11-23)15-10-18-19(13-26-22(18)25-12-15)21(28)20-5-3-4-8-24-20/h3-10,12-13H,11,23H2,1-2H3,(H,25,26). The number of nitrogens with zero attached hydrogens (tertiary/aromatic N) is 3. The molecule has 0 saturated carbocycles. The molecule has 0 fully saturated rings. The van der Waals surface area contributed by atoms with E-state index in [1.807, 2.05) is 31.1 Å². The summed E-state index contributed by atoms with van der Waals surface area (Å²) in [5.74, 6) is -0.132. The average molecular weight is 371 g/mol. The van der Waals surface area contributed by atoms with Crippen molar-refractivity contribution < 1.29 is 4.79 Å². The van der Waals surface area contributed by atoms with Crippen LogP contribution in [0.4, 0.5) is 5.69 Å². The maximum absolute atomic E-state index is 12.9. The van der Waals surface area contributed by atoms with Crippen LogP contribution < -0.4 is 10.6 Å². The minimum atomic E-state index is -0.132. The largest absolute Gasteiger partial charge is 0.378 e. The van der Waals surface area contributed by atoms with Crippen molar-refractivity contribution in [2.24, 2.45) is 5.73 Å². The lowest BCUT2D eigenvalue weighted by atomic mass is 9.98. The van der Waals surface area contributed by atoms with E-state index in [0.29, 0.717) is 23.4 Å². The summed E-state index contributed by atoms with van der Waals surface area (Å²) in [5.41, 5.74) is 11.7. The number of ketones is 1. The molecule has 0 bridgehead atoms. The third kappa shape index (κ3) is 3.14.